The molecule has 1 aromatic carbocycles. The number of nitrogens with one attached hydrogen (secondary N) is 3. The first-order valence-electron chi connectivity index (χ1n) is 10.1. The third-order valence-electron chi connectivity index (χ3n) is 4.87. The van der Waals surface area contributed by atoms with E-state index in [2.05, 4.69) is 26.4 Å². The highest BCUT2D eigenvalue weighted by Crippen LogP contribution is 2.19. The molecule has 1 aromatic rings. The van der Waals surface area contributed by atoms with Crippen LogP contribution in [-0.2, 0) is 21.2 Å². The highest BCUT2D eigenvalue weighted by molar-refractivity contribution is 14.0. The molecule has 0 spiro atoms. The molecule has 1 fully saturated rings. The second-order valence-electron chi connectivity index (χ2n) is 7.14. The van der Waals surface area contributed by atoms with Crippen molar-refractivity contribution >= 4 is 40.0 Å². The SMILES string of the molecule is CN=C(NCCc1ccc(C)c(OC)c1)NCCS(=O)(=O)NCC1CCCCO1.I. The van der Waals surface area contributed by atoms with E-state index in [1.807, 2.05) is 19.1 Å². The van der Waals surface area contributed by atoms with Gasteiger partial charge >= 0.3 is 0 Å². The van der Waals surface area contributed by atoms with Crippen molar-refractivity contribution in [3.63, 3.8) is 0 Å². The number of hydrogen-bond acceptors (Lipinski definition) is 5. The average Bonchev–Trinajstić information content (AvgIpc) is 2.73. The quantitative estimate of drug-likeness (QED) is 0.232. The van der Waals surface area contributed by atoms with Gasteiger partial charge in [-0.05, 0) is 49.8 Å². The summed E-state index contributed by atoms with van der Waals surface area (Å²) in [5.41, 5.74) is 2.26. The molecule has 0 bridgehead atoms. The number of benzene rings is 1. The minimum absolute atomic E-state index is 0. The average molecular weight is 554 g/mol. The normalized spacial score (nSPS) is 17.2. The van der Waals surface area contributed by atoms with Gasteiger partial charge in [0.1, 0.15) is 5.75 Å². The number of aliphatic imine (C=N–C) groups is 1. The summed E-state index contributed by atoms with van der Waals surface area (Å²) in [6.07, 6.45) is 3.84. The predicted octanol–water partition coefficient (Wildman–Crippen LogP) is 1.82. The molecule has 30 heavy (non-hydrogen) atoms. The third-order valence-corrected chi connectivity index (χ3v) is 6.22. The zero-order valence-electron chi connectivity index (χ0n) is 18.1. The summed E-state index contributed by atoms with van der Waals surface area (Å²) < 4.78 is 37.8. The molecule has 1 aliphatic heterocycles. The maximum absolute atomic E-state index is 12.2. The summed E-state index contributed by atoms with van der Waals surface area (Å²) in [4.78, 5) is 4.14. The molecule has 0 amide bonds. The van der Waals surface area contributed by atoms with Gasteiger partial charge in [0.2, 0.25) is 10.0 Å². The monoisotopic (exact) mass is 554 g/mol. The number of rotatable bonds is 10. The Kier molecular flexibility index (Phi) is 12.6. The Morgan fingerprint density at radius 3 is 2.70 bits per heavy atom. The van der Waals surface area contributed by atoms with Gasteiger partial charge in [-0.1, -0.05) is 12.1 Å². The van der Waals surface area contributed by atoms with Crippen molar-refractivity contribution < 1.29 is 17.9 Å². The van der Waals surface area contributed by atoms with Crippen LogP contribution in [-0.4, -0.2) is 66.6 Å². The van der Waals surface area contributed by atoms with Gasteiger partial charge in [-0.15, -0.1) is 24.0 Å². The van der Waals surface area contributed by atoms with Crippen LogP contribution in [0.5, 0.6) is 5.75 Å². The summed E-state index contributed by atoms with van der Waals surface area (Å²) in [5.74, 6) is 1.44. The largest absolute Gasteiger partial charge is 0.496 e. The molecular formula is C20H35IN4O4S. The van der Waals surface area contributed by atoms with Gasteiger partial charge in [0.15, 0.2) is 5.96 Å². The maximum atomic E-state index is 12.2. The van der Waals surface area contributed by atoms with E-state index in [4.69, 9.17) is 9.47 Å². The fourth-order valence-electron chi connectivity index (χ4n) is 3.13. The van der Waals surface area contributed by atoms with Crippen LogP contribution in [0.2, 0.25) is 0 Å². The van der Waals surface area contributed by atoms with Crippen LogP contribution in [0.25, 0.3) is 0 Å². The Morgan fingerprint density at radius 1 is 1.27 bits per heavy atom. The van der Waals surface area contributed by atoms with Crippen LogP contribution < -0.4 is 20.1 Å². The zero-order valence-corrected chi connectivity index (χ0v) is 21.2. The van der Waals surface area contributed by atoms with Crippen molar-refractivity contribution in [3.05, 3.63) is 29.3 Å². The number of nitrogens with zero attached hydrogens (tertiary/aromatic N) is 1. The Hall–Kier alpha value is -1.11. The van der Waals surface area contributed by atoms with Crippen LogP contribution >= 0.6 is 24.0 Å². The fraction of sp³-hybridized carbons (Fsp3) is 0.650. The van der Waals surface area contributed by atoms with Crippen molar-refractivity contribution in [3.8, 4) is 5.75 Å². The van der Waals surface area contributed by atoms with Crippen LogP contribution in [0.4, 0.5) is 0 Å². The lowest BCUT2D eigenvalue weighted by Gasteiger charge is -2.22. The number of aryl methyl sites for hydroxylation is 1. The molecule has 3 N–H and O–H groups in total. The summed E-state index contributed by atoms with van der Waals surface area (Å²) >= 11 is 0. The molecule has 0 aliphatic carbocycles. The summed E-state index contributed by atoms with van der Waals surface area (Å²) in [5, 5.41) is 6.25. The Bertz CT molecular complexity index is 768. The number of methoxy groups -OCH3 is 1. The summed E-state index contributed by atoms with van der Waals surface area (Å²) in [7, 11) is -0.0173. The fourth-order valence-corrected chi connectivity index (χ4v) is 4.08. The Labute approximate surface area is 197 Å². The van der Waals surface area contributed by atoms with Crippen molar-refractivity contribution in [2.45, 2.75) is 38.7 Å². The second-order valence-corrected chi connectivity index (χ2v) is 9.06. The molecule has 2 rings (SSSR count). The minimum Gasteiger partial charge on any atom is -0.496 e. The lowest BCUT2D eigenvalue weighted by molar-refractivity contribution is 0.0200. The number of hydrogen-bond donors (Lipinski definition) is 3. The molecule has 1 heterocycles. The van der Waals surface area contributed by atoms with E-state index < -0.39 is 10.0 Å². The highest BCUT2D eigenvalue weighted by atomic mass is 127. The molecule has 1 aliphatic rings. The number of guanidine groups is 1. The van der Waals surface area contributed by atoms with Gasteiger partial charge in [-0.3, -0.25) is 4.99 Å². The van der Waals surface area contributed by atoms with Crippen LogP contribution in [0.3, 0.4) is 0 Å². The predicted molar refractivity (Wildman–Crippen MR) is 132 cm³/mol. The molecule has 172 valence electrons. The highest BCUT2D eigenvalue weighted by Gasteiger charge is 2.17. The van der Waals surface area contributed by atoms with Crippen molar-refractivity contribution in [1.82, 2.24) is 15.4 Å². The standard InChI is InChI=1S/C20H34N4O4S.HI/c1-16-7-8-17(14-19(16)27-3)9-10-22-20(21-2)23-11-13-29(25,26)24-15-18-6-4-5-12-28-18;/h7-8,14,18,24H,4-6,9-13,15H2,1-3H3,(H2,21,22,23);1H. The third kappa shape index (κ3) is 9.80. The van der Waals surface area contributed by atoms with E-state index in [-0.39, 0.29) is 42.4 Å². The molecule has 10 heteroatoms. The van der Waals surface area contributed by atoms with Gasteiger partial charge < -0.3 is 20.1 Å². The maximum Gasteiger partial charge on any atom is 0.213 e. The van der Waals surface area contributed by atoms with Crippen molar-refractivity contribution in [1.29, 1.82) is 0 Å². The lowest BCUT2D eigenvalue weighted by Crippen LogP contribution is -2.43. The zero-order chi connectivity index (χ0) is 21.1. The molecule has 0 radical (unpaired) electrons. The first-order chi connectivity index (χ1) is 13.9. The molecule has 1 atom stereocenters. The van der Waals surface area contributed by atoms with E-state index in [0.717, 1.165) is 42.6 Å². The van der Waals surface area contributed by atoms with Gasteiger partial charge in [0.05, 0.1) is 19.0 Å². The first kappa shape index (κ1) is 26.9. The van der Waals surface area contributed by atoms with Gasteiger partial charge in [-0.2, -0.15) is 0 Å². The topological polar surface area (TPSA) is 101 Å². The molecule has 8 nitrogen and oxygen atoms in total. The molecular weight excluding hydrogens is 519 g/mol. The molecule has 1 saturated heterocycles. The van der Waals surface area contributed by atoms with Crippen molar-refractivity contribution in [2.24, 2.45) is 4.99 Å². The van der Waals surface area contributed by atoms with E-state index >= 15 is 0 Å². The van der Waals surface area contributed by atoms with Crippen LogP contribution in [0.1, 0.15) is 30.4 Å². The van der Waals surface area contributed by atoms with E-state index in [1.54, 1.807) is 14.2 Å². The van der Waals surface area contributed by atoms with E-state index in [0.29, 0.717) is 25.7 Å². The van der Waals surface area contributed by atoms with E-state index in [1.165, 1.54) is 0 Å². The smallest absolute Gasteiger partial charge is 0.213 e. The summed E-state index contributed by atoms with van der Waals surface area (Å²) in [6, 6.07) is 6.14. The van der Waals surface area contributed by atoms with Crippen LogP contribution in [0.15, 0.2) is 23.2 Å². The molecule has 0 aromatic heterocycles. The molecule has 0 saturated carbocycles. The molecule has 1 unspecified atom stereocenters. The van der Waals surface area contributed by atoms with E-state index in [9.17, 15) is 8.42 Å². The first-order valence-corrected chi connectivity index (χ1v) is 11.8. The number of ether oxygens (including phenoxy) is 2. The minimum atomic E-state index is -3.35. The number of sulfonamides is 1. The van der Waals surface area contributed by atoms with Gasteiger partial charge in [0.25, 0.3) is 0 Å². The Balaban J connectivity index is 0.00000450. The van der Waals surface area contributed by atoms with Gasteiger partial charge in [0, 0.05) is 33.3 Å². The van der Waals surface area contributed by atoms with Crippen molar-refractivity contribution in [2.75, 3.05) is 46.2 Å². The Morgan fingerprint density at radius 2 is 2.03 bits per heavy atom. The lowest BCUT2D eigenvalue weighted by atomic mass is 10.1. The van der Waals surface area contributed by atoms with Gasteiger partial charge in [-0.25, -0.2) is 13.1 Å². The number of halogens is 1. The van der Waals surface area contributed by atoms with Crippen LogP contribution in [0, 0.1) is 6.92 Å². The second kappa shape index (κ2) is 14.0. The summed E-state index contributed by atoms with van der Waals surface area (Å²) in [6.45, 7) is 4.02.